The molecule has 1 rings (SSSR count). The van der Waals surface area contributed by atoms with Crippen LogP contribution in [0.5, 0.6) is 0 Å². The molecule has 0 aliphatic heterocycles. The molecule has 0 aliphatic rings. The lowest BCUT2D eigenvalue weighted by atomic mass is 10.4. The summed E-state index contributed by atoms with van der Waals surface area (Å²) in [6, 6.07) is 0. The third-order valence-electron chi connectivity index (χ3n) is 1.03. The van der Waals surface area contributed by atoms with Gasteiger partial charge in [-0.3, -0.25) is 14.8 Å². The average molecular weight is 263 g/mol. The van der Waals surface area contributed by atoms with Crippen molar-refractivity contribution in [3.63, 3.8) is 0 Å². The molecule has 1 aromatic heterocycles. The monoisotopic (exact) mass is 263 g/mol. The highest BCUT2D eigenvalue weighted by Gasteiger charge is 1.94. The molecule has 0 atom stereocenters. The van der Waals surface area contributed by atoms with E-state index in [1.807, 2.05) is 0 Å². The lowest BCUT2D eigenvalue weighted by molar-refractivity contribution is 0.262. The smallest absolute Gasteiger partial charge is 0.280 e. The van der Waals surface area contributed by atoms with Crippen LogP contribution >= 0.6 is 22.6 Å². The molecule has 0 radical (unpaired) electrons. The van der Waals surface area contributed by atoms with E-state index >= 15 is 0 Å². The molecule has 1 amide bonds. The Balaban J connectivity index is 2.45. The molecule has 0 unspecified atom stereocenters. The number of hydrogen-bond acceptors (Lipinski definition) is 3. The van der Waals surface area contributed by atoms with E-state index in [-0.39, 0.29) is 3.91 Å². The topological polar surface area (TPSA) is 54.9 Å². The van der Waals surface area contributed by atoms with Crippen molar-refractivity contribution in [2.45, 2.75) is 6.54 Å². The Morgan fingerprint density at radius 2 is 2.45 bits per heavy atom. The van der Waals surface area contributed by atoms with Crippen LogP contribution < -0.4 is 5.32 Å². The van der Waals surface area contributed by atoms with Gasteiger partial charge in [-0.25, -0.2) is 0 Å². The fraction of sp³-hybridized carbons (Fsp3) is 0.167. The predicted molar refractivity (Wildman–Crippen MR) is 48.3 cm³/mol. The number of nitrogens with one attached hydrogen (secondary N) is 1. The second-order valence-corrected chi connectivity index (χ2v) is 2.80. The largest absolute Gasteiger partial charge is 0.342 e. The van der Waals surface area contributed by atoms with Gasteiger partial charge in [0.1, 0.15) is 0 Å². The molecule has 0 saturated carbocycles. The van der Waals surface area contributed by atoms with Gasteiger partial charge in [-0.2, -0.15) is 0 Å². The first-order chi connectivity index (χ1) is 5.29. The van der Waals surface area contributed by atoms with Crippen LogP contribution in [0, 0.1) is 0 Å². The Bertz CT molecular complexity index is 239. The van der Waals surface area contributed by atoms with Crippen molar-refractivity contribution in [3.05, 3.63) is 24.3 Å². The standard InChI is InChI=1S/C6H6IN3O/c7-6(11)10-4-5-3-8-1-2-9-5/h1-3H,4H2,(H,10,11). The summed E-state index contributed by atoms with van der Waals surface area (Å²) in [5.74, 6) is 0. The van der Waals surface area contributed by atoms with E-state index < -0.39 is 0 Å². The molecule has 0 fully saturated rings. The maximum atomic E-state index is 10.4. The van der Waals surface area contributed by atoms with Crippen molar-refractivity contribution in [2.24, 2.45) is 0 Å². The summed E-state index contributed by atoms with van der Waals surface area (Å²) >= 11 is 1.67. The Labute approximate surface area is 77.6 Å². The third kappa shape index (κ3) is 3.26. The molecule has 1 N–H and O–H groups in total. The maximum Gasteiger partial charge on any atom is 0.280 e. The number of rotatable bonds is 2. The molecule has 4 nitrogen and oxygen atoms in total. The molecule has 58 valence electrons. The minimum atomic E-state index is -0.0896. The van der Waals surface area contributed by atoms with Crippen molar-refractivity contribution in [1.82, 2.24) is 15.3 Å². The van der Waals surface area contributed by atoms with E-state index in [2.05, 4.69) is 15.3 Å². The van der Waals surface area contributed by atoms with E-state index in [0.29, 0.717) is 6.54 Å². The summed E-state index contributed by atoms with van der Waals surface area (Å²) in [4.78, 5) is 18.3. The molecular weight excluding hydrogens is 257 g/mol. The van der Waals surface area contributed by atoms with Gasteiger partial charge in [-0.1, -0.05) is 0 Å². The number of hydrogen-bond donors (Lipinski definition) is 1. The summed E-state index contributed by atoms with van der Waals surface area (Å²) in [5.41, 5.74) is 0.762. The quantitative estimate of drug-likeness (QED) is 0.494. The summed E-state index contributed by atoms with van der Waals surface area (Å²) in [6.07, 6.45) is 4.80. The summed E-state index contributed by atoms with van der Waals surface area (Å²) in [5, 5.41) is 2.61. The molecule has 0 aliphatic carbocycles. The van der Waals surface area contributed by atoms with Crippen LogP contribution in [0.1, 0.15) is 5.69 Å². The SMILES string of the molecule is O=C(I)NCc1cnccn1. The van der Waals surface area contributed by atoms with Crippen molar-refractivity contribution in [1.29, 1.82) is 0 Å². The molecule has 0 bridgehead atoms. The van der Waals surface area contributed by atoms with Gasteiger partial charge < -0.3 is 5.32 Å². The lowest BCUT2D eigenvalue weighted by Crippen LogP contribution is -2.15. The van der Waals surface area contributed by atoms with E-state index in [1.54, 1.807) is 41.2 Å². The molecular formula is C6H6IN3O. The van der Waals surface area contributed by atoms with Gasteiger partial charge in [-0.05, 0) is 0 Å². The van der Waals surface area contributed by atoms with E-state index in [4.69, 9.17) is 0 Å². The summed E-state index contributed by atoms with van der Waals surface area (Å²) in [7, 11) is 0. The number of aromatic nitrogens is 2. The van der Waals surface area contributed by atoms with Gasteiger partial charge in [0, 0.05) is 35.0 Å². The van der Waals surface area contributed by atoms with Gasteiger partial charge in [0.2, 0.25) is 0 Å². The Morgan fingerprint density at radius 1 is 1.64 bits per heavy atom. The highest BCUT2D eigenvalue weighted by atomic mass is 127. The zero-order valence-electron chi connectivity index (χ0n) is 5.62. The second kappa shape index (κ2) is 4.22. The summed E-state index contributed by atoms with van der Waals surface area (Å²) in [6.45, 7) is 0.440. The lowest BCUT2D eigenvalue weighted by Gasteiger charge is -1.97. The van der Waals surface area contributed by atoms with Crippen LogP contribution in [-0.4, -0.2) is 13.9 Å². The second-order valence-electron chi connectivity index (χ2n) is 1.82. The molecule has 0 aromatic carbocycles. The number of nitrogens with zero attached hydrogens (tertiary/aromatic N) is 2. The normalized spacial score (nSPS) is 9.18. The first kappa shape index (κ1) is 8.38. The molecule has 5 heteroatoms. The van der Waals surface area contributed by atoms with Crippen LogP contribution in [0.25, 0.3) is 0 Å². The van der Waals surface area contributed by atoms with Gasteiger partial charge in [-0.15, -0.1) is 0 Å². The Kier molecular flexibility index (Phi) is 3.21. The van der Waals surface area contributed by atoms with E-state index in [9.17, 15) is 4.79 Å². The van der Waals surface area contributed by atoms with Gasteiger partial charge in [0.15, 0.2) is 0 Å². The Hall–Kier alpha value is -0.720. The van der Waals surface area contributed by atoms with Crippen LogP contribution in [-0.2, 0) is 6.54 Å². The number of amides is 1. The third-order valence-corrected chi connectivity index (χ3v) is 1.41. The van der Waals surface area contributed by atoms with Crippen LogP contribution in [0.15, 0.2) is 18.6 Å². The van der Waals surface area contributed by atoms with Gasteiger partial charge in [0.05, 0.1) is 18.4 Å². The van der Waals surface area contributed by atoms with Crippen molar-refractivity contribution >= 4 is 26.5 Å². The molecule has 1 heterocycles. The highest BCUT2D eigenvalue weighted by Crippen LogP contribution is 1.90. The summed E-state index contributed by atoms with van der Waals surface area (Å²) < 4.78 is -0.0896. The zero-order chi connectivity index (χ0) is 8.10. The predicted octanol–water partition coefficient (Wildman–Crippen LogP) is 1.12. The molecule has 0 saturated heterocycles. The molecule has 1 aromatic rings. The minimum absolute atomic E-state index is 0.0896. The minimum Gasteiger partial charge on any atom is -0.342 e. The fourth-order valence-corrected chi connectivity index (χ4v) is 0.772. The van der Waals surface area contributed by atoms with Crippen molar-refractivity contribution < 1.29 is 4.79 Å². The van der Waals surface area contributed by atoms with E-state index in [0.717, 1.165) is 5.69 Å². The van der Waals surface area contributed by atoms with Crippen molar-refractivity contribution in [2.75, 3.05) is 0 Å². The van der Waals surface area contributed by atoms with Gasteiger partial charge >= 0.3 is 0 Å². The molecule has 0 spiro atoms. The zero-order valence-corrected chi connectivity index (χ0v) is 7.78. The van der Waals surface area contributed by atoms with E-state index in [1.165, 1.54) is 0 Å². The first-order valence-corrected chi connectivity index (χ1v) is 4.05. The number of halogens is 1. The van der Waals surface area contributed by atoms with Crippen LogP contribution in [0.3, 0.4) is 0 Å². The number of carbonyl (C=O) groups is 1. The number of carbonyl (C=O) groups excluding carboxylic acids is 1. The van der Waals surface area contributed by atoms with Crippen LogP contribution in [0.4, 0.5) is 4.79 Å². The molecule has 11 heavy (non-hydrogen) atoms. The average Bonchev–Trinajstić information content (AvgIpc) is 2.03. The van der Waals surface area contributed by atoms with Crippen LogP contribution in [0.2, 0.25) is 0 Å². The first-order valence-electron chi connectivity index (χ1n) is 2.97. The highest BCUT2D eigenvalue weighted by molar-refractivity contribution is 14.1. The maximum absolute atomic E-state index is 10.4. The Morgan fingerprint density at radius 3 is 3.00 bits per heavy atom. The fourth-order valence-electron chi connectivity index (χ4n) is 0.581. The van der Waals surface area contributed by atoms with Gasteiger partial charge in [0.25, 0.3) is 3.91 Å². The van der Waals surface area contributed by atoms with Crippen molar-refractivity contribution in [3.8, 4) is 0 Å².